The largest absolute Gasteiger partial charge is 0.325 e. The first kappa shape index (κ1) is 16.6. The van der Waals surface area contributed by atoms with Crippen molar-refractivity contribution in [3.8, 4) is 0 Å². The maximum atomic E-state index is 12.1. The van der Waals surface area contributed by atoms with Gasteiger partial charge in [0, 0.05) is 12.7 Å². The smallest absolute Gasteiger partial charge is 0.313 e. The summed E-state index contributed by atoms with van der Waals surface area (Å²) in [5.74, 6) is 0.782. The zero-order chi connectivity index (χ0) is 15.5. The van der Waals surface area contributed by atoms with Crippen molar-refractivity contribution in [2.24, 2.45) is 17.8 Å². The summed E-state index contributed by atoms with van der Waals surface area (Å²) in [5, 5.41) is 0. The number of aromatic nitrogens is 2. The average Bonchev–Trinajstić information content (AvgIpc) is 2.26. The number of hydrogen-bond donors (Lipinski definition) is 3. The van der Waals surface area contributed by atoms with Crippen molar-refractivity contribution in [1.82, 2.24) is 14.7 Å². The van der Waals surface area contributed by atoms with Crippen LogP contribution in [-0.2, 0) is 10.0 Å². The molecule has 0 spiro atoms. The van der Waals surface area contributed by atoms with Gasteiger partial charge in [-0.05, 0) is 17.8 Å². The van der Waals surface area contributed by atoms with Gasteiger partial charge in [-0.25, -0.2) is 17.9 Å². The molecule has 0 aliphatic carbocycles. The van der Waals surface area contributed by atoms with Gasteiger partial charge in [-0.2, -0.15) is 0 Å². The Morgan fingerprint density at radius 3 is 2.15 bits per heavy atom. The van der Waals surface area contributed by atoms with Gasteiger partial charge in [0.05, 0.1) is 0 Å². The van der Waals surface area contributed by atoms with Crippen molar-refractivity contribution >= 4 is 10.0 Å². The van der Waals surface area contributed by atoms with Gasteiger partial charge >= 0.3 is 5.69 Å². The molecule has 0 unspecified atom stereocenters. The van der Waals surface area contributed by atoms with Crippen LogP contribution in [0.1, 0.15) is 27.7 Å². The Balaban J connectivity index is 2.96. The van der Waals surface area contributed by atoms with Gasteiger partial charge in [0.2, 0.25) is 10.0 Å². The molecule has 0 fully saturated rings. The van der Waals surface area contributed by atoms with Gasteiger partial charge in [-0.15, -0.1) is 0 Å². The van der Waals surface area contributed by atoms with Gasteiger partial charge in [0.25, 0.3) is 5.56 Å². The Labute approximate surface area is 117 Å². The normalized spacial score (nSPS) is 12.6. The lowest BCUT2D eigenvalue weighted by Gasteiger charge is -2.24. The van der Waals surface area contributed by atoms with Crippen LogP contribution in [0.5, 0.6) is 0 Å². The molecule has 0 aliphatic heterocycles. The van der Waals surface area contributed by atoms with Crippen LogP contribution in [0.4, 0.5) is 0 Å². The molecule has 3 N–H and O–H groups in total. The van der Waals surface area contributed by atoms with E-state index in [2.05, 4.69) is 9.71 Å². The summed E-state index contributed by atoms with van der Waals surface area (Å²) in [4.78, 5) is 26.0. The second-order valence-corrected chi connectivity index (χ2v) is 7.18. The minimum atomic E-state index is -3.93. The Kier molecular flexibility index (Phi) is 5.29. The topological polar surface area (TPSA) is 112 Å². The number of H-pyrrole nitrogens is 2. The van der Waals surface area contributed by atoms with Crippen LogP contribution < -0.4 is 16.0 Å². The molecule has 0 radical (unpaired) electrons. The molecule has 1 aromatic rings. The molecule has 0 aliphatic rings. The summed E-state index contributed by atoms with van der Waals surface area (Å²) in [6.07, 6.45) is 0.906. The van der Waals surface area contributed by atoms with Crippen molar-refractivity contribution in [1.29, 1.82) is 0 Å². The standard InChI is InChI=1S/C12H21N3O4S/c1-7(2)9(8(3)4)5-14-20(18,19)10-6-13-12(17)15-11(10)16/h6-9,14H,5H2,1-4H3,(H2,13,15,16,17). The molecule has 1 heterocycles. The van der Waals surface area contributed by atoms with E-state index >= 15 is 0 Å². The van der Waals surface area contributed by atoms with Crippen LogP contribution in [-0.4, -0.2) is 24.9 Å². The number of nitrogens with one attached hydrogen (secondary N) is 3. The molecule has 0 aromatic carbocycles. The lowest BCUT2D eigenvalue weighted by atomic mass is 9.86. The van der Waals surface area contributed by atoms with E-state index in [1.54, 1.807) is 0 Å². The monoisotopic (exact) mass is 303 g/mol. The summed E-state index contributed by atoms with van der Waals surface area (Å²) in [6, 6.07) is 0. The maximum Gasteiger partial charge on any atom is 0.325 e. The van der Waals surface area contributed by atoms with Gasteiger partial charge in [0.1, 0.15) is 0 Å². The van der Waals surface area contributed by atoms with Crippen LogP contribution in [0, 0.1) is 17.8 Å². The molecule has 114 valence electrons. The third kappa shape index (κ3) is 4.04. The van der Waals surface area contributed by atoms with Crippen LogP contribution in [0.3, 0.4) is 0 Å². The van der Waals surface area contributed by atoms with Crippen molar-refractivity contribution in [2.75, 3.05) is 6.54 Å². The highest BCUT2D eigenvalue weighted by atomic mass is 32.2. The molecule has 7 nitrogen and oxygen atoms in total. The number of rotatable bonds is 6. The highest BCUT2D eigenvalue weighted by Crippen LogP contribution is 2.19. The molecule has 8 heteroatoms. The zero-order valence-corrected chi connectivity index (χ0v) is 12.9. The molecule has 0 saturated heterocycles. The molecule has 0 atom stereocenters. The van der Waals surface area contributed by atoms with Crippen LogP contribution in [0.25, 0.3) is 0 Å². The third-order valence-corrected chi connectivity index (χ3v) is 4.73. The highest BCUT2D eigenvalue weighted by molar-refractivity contribution is 7.89. The number of sulfonamides is 1. The molecule has 20 heavy (non-hydrogen) atoms. The van der Waals surface area contributed by atoms with Crippen molar-refractivity contribution in [3.63, 3.8) is 0 Å². The van der Waals surface area contributed by atoms with Gasteiger partial charge in [-0.3, -0.25) is 9.78 Å². The second-order valence-electron chi connectivity index (χ2n) is 5.44. The van der Waals surface area contributed by atoms with E-state index in [-0.39, 0.29) is 12.5 Å². The lowest BCUT2D eigenvalue weighted by molar-refractivity contribution is 0.289. The Morgan fingerprint density at radius 1 is 1.15 bits per heavy atom. The summed E-state index contributed by atoms with van der Waals surface area (Å²) >= 11 is 0. The van der Waals surface area contributed by atoms with Gasteiger partial charge in [-0.1, -0.05) is 27.7 Å². The first-order valence-corrected chi connectivity index (χ1v) is 7.95. The zero-order valence-electron chi connectivity index (χ0n) is 12.1. The first-order chi connectivity index (χ1) is 9.15. The quantitative estimate of drug-likeness (QED) is 0.700. The summed E-state index contributed by atoms with van der Waals surface area (Å²) in [5.41, 5.74) is -1.66. The van der Waals surface area contributed by atoms with Crippen molar-refractivity contribution in [2.45, 2.75) is 32.6 Å². The maximum absolute atomic E-state index is 12.1. The minimum absolute atomic E-state index is 0.159. The molecule has 1 aromatic heterocycles. The van der Waals surface area contributed by atoms with Crippen molar-refractivity contribution < 1.29 is 8.42 Å². The van der Waals surface area contributed by atoms with Crippen molar-refractivity contribution in [3.05, 3.63) is 27.0 Å². The summed E-state index contributed by atoms with van der Waals surface area (Å²) in [6.45, 7) is 8.32. The van der Waals surface area contributed by atoms with E-state index in [9.17, 15) is 18.0 Å². The second kappa shape index (κ2) is 6.36. The Morgan fingerprint density at radius 2 is 1.70 bits per heavy atom. The SMILES string of the molecule is CC(C)C(CNS(=O)(=O)c1c[nH]c(=O)[nH]c1=O)C(C)C. The van der Waals surface area contributed by atoms with E-state index in [1.165, 1.54) is 0 Å². The number of aromatic amines is 2. The van der Waals surface area contributed by atoms with Crippen LogP contribution >= 0.6 is 0 Å². The first-order valence-electron chi connectivity index (χ1n) is 6.47. The fraction of sp³-hybridized carbons (Fsp3) is 0.667. The molecule has 0 amide bonds. The van der Waals surface area contributed by atoms with Gasteiger partial charge < -0.3 is 4.98 Å². The predicted octanol–water partition coefficient (Wildman–Crippen LogP) is 0.270. The molecular weight excluding hydrogens is 282 g/mol. The minimum Gasteiger partial charge on any atom is -0.313 e. The van der Waals surface area contributed by atoms with E-state index in [0.29, 0.717) is 11.8 Å². The van der Waals surface area contributed by atoms with E-state index in [0.717, 1.165) is 6.20 Å². The van der Waals surface area contributed by atoms with E-state index < -0.39 is 26.2 Å². The fourth-order valence-electron chi connectivity index (χ4n) is 2.12. The number of hydrogen-bond acceptors (Lipinski definition) is 4. The van der Waals surface area contributed by atoms with E-state index in [4.69, 9.17) is 0 Å². The Hall–Kier alpha value is -1.41. The molecule has 0 saturated carbocycles. The average molecular weight is 303 g/mol. The summed E-state index contributed by atoms with van der Waals surface area (Å²) in [7, 11) is -3.93. The van der Waals surface area contributed by atoms with E-state index in [1.807, 2.05) is 32.7 Å². The molecular formula is C12H21N3O4S. The molecule has 1 rings (SSSR count). The van der Waals surface area contributed by atoms with Gasteiger partial charge in [0.15, 0.2) is 4.90 Å². The fourth-order valence-corrected chi connectivity index (χ4v) is 3.20. The Bertz CT molecular complexity index is 650. The summed E-state index contributed by atoms with van der Waals surface area (Å²) < 4.78 is 26.6. The van der Waals surface area contributed by atoms with Crippen LogP contribution in [0.15, 0.2) is 20.7 Å². The lowest BCUT2D eigenvalue weighted by Crippen LogP contribution is -2.37. The van der Waals surface area contributed by atoms with Crippen LogP contribution in [0.2, 0.25) is 0 Å². The molecule has 0 bridgehead atoms. The third-order valence-electron chi connectivity index (χ3n) is 3.30. The predicted molar refractivity (Wildman–Crippen MR) is 76.0 cm³/mol. The highest BCUT2D eigenvalue weighted by Gasteiger charge is 2.23.